The van der Waals surface area contributed by atoms with Crippen LogP contribution in [-0.2, 0) is 10.9 Å². The molecule has 7 nitrogen and oxygen atoms in total. The lowest BCUT2D eigenvalue weighted by atomic mass is 9.90. The molecule has 0 bridgehead atoms. The van der Waals surface area contributed by atoms with Crippen LogP contribution < -0.4 is 10.6 Å². The van der Waals surface area contributed by atoms with Crippen LogP contribution in [0.1, 0.15) is 53.3 Å². The fraction of sp³-hybridized carbons (Fsp3) is 0.458. The van der Waals surface area contributed by atoms with Gasteiger partial charge in [0.1, 0.15) is 5.69 Å². The highest BCUT2D eigenvalue weighted by Crippen LogP contribution is 2.35. The van der Waals surface area contributed by atoms with E-state index >= 15 is 0 Å². The van der Waals surface area contributed by atoms with E-state index in [9.17, 15) is 18.0 Å². The monoisotopic (exact) mass is 507 g/mol. The van der Waals surface area contributed by atoms with Gasteiger partial charge in [-0.3, -0.25) is 9.48 Å². The molecule has 1 aliphatic carbocycles. The average Bonchev–Trinajstić information content (AvgIpc) is 3.13. The quantitative estimate of drug-likeness (QED) is 0.500. The van der Waals surface area contributed by atoms with E-state index in [0.29, 0.717) is 36.3 Å². The van der Waals surface area contributed by atoms with E-state index in [2.05, 4.69) is 20.7 Å². The summed E-state index contributed by atoms with van der Waals surface area (Å²) in [6.45, 7) is 2.96. The van der Waals surface area contributed by atoms with Gasteiger partial charge in [0.05, 0.1) is 30.3 Å². The van der Waals surface area contributed by atoms with E-state index in [-0.39, 0.29) is 34.7 Å². The summed E-state index contributed by atoms with van der Waals surface area (Å²) in [5, 5.41) is 11.3. The molecule has 1 saturated carbocycles. The van der Waals surface area contributed by atoms with Gasteiger partial charge < -0.3 is 15.4 Å². The number of pyridine rings is 1. The van der Waals surface area contributed by atoms with Gasteiger partial charge in [-0.15, -0.1) is 0 Å². The van der Waals surface area contributed by atoms with Gasteiger partial charge >= 0.3 is 6.18 Å². The molecule has 1 amide bonds. The van der Waals surface area contributed by atoms with Crippen LogP contribution >= 0.6 is 11.6 Å². The van der Waals surface area contributed by atoms with Crippen LogP contribution in [-0.4, -0.2) is 46.0 Å². The standard InChI is InChI=1S/C24H25ClF3N5O2/c1-13-5-6-19-17(7-13)20(9-21(31-19)24(26,27)28)29-14-3-2-4-15(8-14)30-23(34)18-10-33(32-22(18)25)16-11-35-12-16/h5-7,9-10,14-16H,2-4,8,11-12H2,1H3,(H,29,31)(H,30,34)/t14-,15+/m0/s1. The summed E-state index contributed by atoms with van der Waals surface area (Å²) in [7, 11) is 0. The van der Waals surface area contributed by atoms with Crippen molar-refractivity contribution in [1.29, 1.82) is 0 Å². The van der Waals surface area contributed by atoms with E-state index in [1.807, 2.05) is 13.0 Å². The first-order valence-electron chi connectivity index (χ1n) is 11.6. The van der Waals surface area contributed by atoms with Crippen molar-refractivity contribution in [2.24, 2.45) is 0 Å². The Bertz CT molecular complexity index is 1260. The summed E-state index contributed by atoms with van der Waals surface area (Å²) >= 11 is 6.19. The Morgan fingerprint density at radius 3 is 2.69 bits per heavy atom. The van der Waals surface area contributed by atoms with Crippen molar-refractivity contribution in [1.82, 2.24) is 20.1 Å². The van der Waals surface area contributed by atoms with Crippen LogP contribution in [0.2, 0.25) is 5.15 Å². The smallest absolute Gasteiger partial charge is 0.382 e. The van der Waals surface area contributed by atoms with Crippen molar-refractivity contribution in [2.45, 2.75) is 56.9 Å². The summed E-state index contributed by atoms with van der Waals surface area (Å²) in [6, 6.07) is 6.09. The molecule has 0 unspecified atom stereocenters. The molecule has 3 aromatic rings. The van der Waals surface area contributed by atoms with Crippen LogP contribution in [0.5, 0.6) is 0 Å². The SMILES string of the molecule is Cc1ccc2nc(C(F)(F)F)cc(N[C@H]3CCC[C@@H](NC(=O)c4cn(C5COC5)nc4Cl)C3)c2c1. The molecule has 2 atom stereocenters. The normalized spacial score (nSPS) is 21.1. The Labute approximate surface area is 205 Å². The largest absolute Gasteiger partial charge is 0.433 e. The number of fused-ring (bicyclic) bond motifs is 1. The molecule has 2 aromatic heterocycles. The van der Waals surface area contributed by atoms with E-state index in [1.165, 1.54) is 0 Å². The molecule has 3 heterocycles. The molecule has 186 valence electrons. The number of nitrogens with zero attached hydrogens (tertiary/aromatic N) is 3. The minimum atomic E-state index is -4.55. The maximum atomic E-state index is 13.5. The lowest BCUT2D eigenvalue weighted by Crippen LogP contribution is -2.41. The molecular formula is C24H25ClF3N5O2. The number of nitrogens with one attached hydrogen (secondary N) is 2. The van der Waals surface area contributed by atoms with Crippen molar-refractivity contribution >= 4 is 34.1 Å². The Balaban J connectivity index is 1.31. The Kier molecular flexibility index (Phi) is 6.35. The maximum Gasteiger partial charge on any atom is 0.433 e. The van der Waals surface area contributed by atoms with Gasteiger partial charge in [-0.1, -0.05) is 23.2 Å². The van der Waals surface area contributed by atoms with Crippen LogP contribution in [0.25, 0.3) is 10.9 Å². The summed E-state index contributed by atoms with van der Waals surface area (Å²) in [6.07, 6.45) is 0.0371. The highest BCUT2D eigenvalue weighted by Gasteiger charge is 2.34. The fourth-order valence-electron chi connectivity index (χ4n) is 4.62. The molecule has 1 saturated heterocycles. The number of ether oxygens (including phenoxy) is 1. The molecule has 0 spiro atoms. The molecule has 1 aliphatic heterocycles. The van der Waals surface area contributed by atoms with E-state index in [4.69, 9.17) is 16.3 Å². The molecule has 35 heavy (non-hydrogen) atoms. The van der Waals surface area contributed by atoms with Gasteiger partial charge in [-0.2, -0.15) is 18.3 Å². The zero-order valence-electron chi connectivity index (χ0n) is 19.0. The van der Waals surface area contributed by atoms with E-state index < -0.39 is 11.9 Å². The minimum Gasteiger partial charge on any atom is -0.382 e. The lowest BCUT2D eigenvalue weighted by Gasteiger charge is -2.31. The number of halogens is 4. The van der Waals surface area contributed by atoms with Crippen molar-refractivity contribution in [2.75, 3.05) is 18.5 Å². The van der Waals surface area contributed by atoms with Gasteiger partial charge in [0, 0.05) is 29.4 Å². The molecule has 2 fully saturated rings. The molecular weight excluding hydrogens is 483 g/mol. The molecule has 1 aromatic carbocycles. The number of carbonyl (C=O) groups is 1. The number of aryl methyl sites for hydroxylation is 1. The summed E-state index contributed by atoms with van der Waals surface area (Å²) in [5.74, 6) is -0.309. The second-order valence-electron chi connectivity index (χ2n) is 9.26. The van der Waals surface area contributed by atoms with Gasteiger partial charge in [0.25, 0.3) is 5.91 Å². The van der Waals surface area contributed by atoms with Crippen molar-refractivity contribution in [3.63, 3.8) is 0 Å². The zero-order chi connectivity index (χ0) is 24.7. The predicted octanol–water partition coefficient (Wildman–Crippen LogP) is 5.14. The average molecular weight is 508 g/mol. The summed E-state index contributed by atoms with van der Waals surface area (Å²) < 4.78 is 47.2. The Hall–Kier alpha value is -2.85. The number of carbonyl (C=O) groups excluding carboxylic acids is 1. The molecule has 2 N–H and O–H groups in total. The zero-order valence-corrected chi connectivity index (χ0v) is 19.8. The third kappa shape index (κ3) is 5.08. The predicted molar refractivity (Wildman–Crippen MR) is 126 cm³/mol. The molecule has 11 heteroatoms. The molecule has 5 rings (SSSR count). The third-order valence-corrected chi connectivity index (χ3v) is 6.83. The topological polar surface area (TPSA) is 81.1 Å². The number of aromatic nitrogens is 3. The highest BCUT2D eigenvalue weighted by atomic mass is 35.5. The number of amides is 1. The van der Waals surface area contributed by atoms with E-state index in [1.54, 1.807) is 23.0 Å². The summed E-state index contributed by atoms with van der Waals surface area (Å²) in [4.78, 5) is 16.7. The molecule has 0 radical (unpaired) electrons. The summed E-state index contributed by atoms with van der Waals surface area (Å²) in [5.41, 5.74) is 0.994. The van der Waals surface area contributed by atoms with Gasteiger partial charge in [-0.25, -0.2) is 4.98 Å². The first-order valence-corrected chi connectivity index (χ1v) is 11.9. The number of hydrogen-bond donors (Lipinski definition) is 2. The van der Waals surface area contributed by atoms with Crippen molar-refractivity contribution < 1.29 is 22.7 Å². The van der Waals surface area contributed by atoms with Crippen LogP contribution in [0.15, 0.2) is 30.5 Å². The number of anilines is 1. The Morgan fingerprint density at radius 2 is 1.97 bits per heavy atom. The van der Waals surface area contributed by atoms with Crippen molar-refractivity contribution in [3.8, 4) is 0 Å². The number of alkyl halides is 3. The van der Waals surface area contributed by atoms with E-state index in [0.717, 1.165) is 30.9 Å². The second kappa shape index (κ2) is 9.31. The fourth-order valence-corrected chi connectivity index (χ4v) is 4.85. The lowest BCUT2D eigenvalue weighted by molar-refractivity contribution is -0.140. The number of benzene rings is 1. The first kappa shape index (κ1) is 23.9. The minimum absolute atomic E-state index is 0.0812. The van der Waals surface area contributed by atoms with Crippen LogP contribution in [0, 0.1) is 6.92 Å². The van der Waals surface area contributed by atoms with Gasteiger partial charge in [0.2, 0.25) is 0 Å². The number of hydrogen-bond acceptors (Lipinski definition) is 5. The van der Waals surface area contributed by atoms with Crippen LogP contribution in [0.3, 0.4) is 0 Å². The highest BCUT2D eigenvalue weighted by molar-refractivity contribution is 6.32. The Morgan fingerprint density at radius 1 is 1.20 bits per heavy atom. The van der Waals surface area contributed by atoms with Gasteiger partial charge in [-0.05, 0) is 50.8 Å². The van der Waals surface area contributed by atoms with Gasteiger partial charge in [0.15, 0.2) is 5.15 Å². The third-order valence-electron chi connectivity index (χ3n) is 6.55. The maximum absolute atomic E-state index is 13.5. The molecule has 2 aliphatic rings. The van der Waals surface area contributed by atoms with Crippen LogP contribution in [0.4, 0.5) is 18.9 Å². The second-order valence-corrected chi connectivity index (χ2v) is 9.61. The number of rotatable bonds is 5. The first-order chi connectivity index (χ1) is 16.7. The van der Waals surface area contributed by atoms with Crippen molar-refractivity contribution in [3.05, 3.63) is 52.4 Å².